The van der Waals surface area contributed by atoms with E-state index in [1.54, 1.807) is 39.0 Å². The van der Waals surface area contributed by atoms with E-state index in [1.807, 2.05) is 24.3 Å². The molecule has 0 saturated carbocycles. The van der Waals surface area contributed by atoms with Gasteiger partial charge in [-0.05, 0) is 67.5 Å². The van der Waals surface area contributed by atoms with Crippen LogP contribution in [0.25, 0.3) is 11.1 Å². The average Bonchev–Trinajstić information content (AvgIpc) is 3.16. The lowest BCUT2D eigenvalue weighted by Gasteiger charge is -2.30. The molecule has 4 rings (SSSR count). The Labute approximate surface area is 211 Å². The van der Waals surface area contributed by atoms with Crippen molar-refractivity contribution in [2.24, 2.45) is 0 Å². The van der Waals surface area contributed by atoms with Crippen molar-refractivity contribution in [3.8, 4) is 11.1 Å². The summed E-state index contributed by atoms with van der Waals surface area (Å²) in [4.78, 5) is 27.4. The summed E-state index contributed by atoms with van der Waals surface area (Å²) in [5.74, 6) is -0.979. The van der Waals surface area contributed by atoms with E-state index >= 15 is 0 Å². The van der Waals surface area contributed by atoms with Crippen molar-refractivity contribution in [2.45, 2.75) is 51.2 Å². The average molecular weight is 490 g/mol. The molecule has 1 amide bonds. The molecule has 0 aromatic heterocycles. The van der Waals surface area contributed by atoms with Crippen LogP contribution < -0.4 is 0 Å². The molecule has 3 aromatic rings. The molecule has 0 spiro atoms. The van der Waals surface area contributed by atoms with Crippen molar-refractivity contribution >= 4 is 12.1 Å². The van der Waals surface area contributed by atoms with Gasteiger partial charge in [-0.2, -0.15) is 0 Å². The largest absolute Gasteiger partial charge is 0.458 e. The van der Waals surface area contributed by atoms with Gasteiger partial charge in [-0.1, -0.05) is 66.7 Å². The minimum atomic E-state index is -0.917. The molecule has 0 heterocycles. The summed E-state index contributed by atoms with van der Waals surface area (Å²) >= 11 is 0. The van der Waals surface area contributed by atoms with Gasteiger partial charge in [-0.25, -0.2) is 14.0 Å². The molecule has 0 fully saturated rings. The summed E-state index contributed by atoms with van der Waals surface area (Å²) in [5, 5.41) is 0. The fourth-order valence-electron chi connectivity index (χ4n) is 4.66. The Morgan fingerprint density at radius 2 is 1.47 bits per heavy atom. The van der Waals surface area contributed by atoms with Crippen LogP contribution in [0.4, 0.5) is 9.18 Å². The minimum Gasteiger partial charge on any atom is -0.458 e. The molecule has 0 saturated heterocycles. The third kappa shape index (κ3) is 5.59. The highest BCUT2D eigenvalue weighted by Gasteiger charge is 2.34. The van der Waals surface area contributed by atoms with Crippen molar-refractivity contribution in [1.82, 2.24) is 4.90 Å². The van der Waals surface area contributed by atoms with Crippen LogP contribution in [0.1, 0.15) is 49.8 Å². The highest BCUT2D eigenvalue weighted by molar-refractivity contribution is 5.82. The van der Waals surface area contributed by atoms with E-state index in [4.69, 9.17) is 9.47 Å². The van der Waals surface area contributed by atoms with Crippen molar-refractivity contribution in [3.05, 3.63) is 95.3 Å². The number of carbonyl (C=O) groups excluding carboxylic acids is 2. The smallest absolute Gasteiger partial charge is 0.410 e. The van der Waals surface area contributed by atoms with Gasteiger partial charge in [0.2, 0.25) is 0 Å². The van der Waals surface area contributed by atoms with Gasteiger partial charge in [-0.3, -0.25) is 4.90 Å². The number of hydrogen-bond donors (Lipinski definition) is 0. The second-order valence-electron chi connectivity index (χ2n) is 10.1. The number of halogens is 1. The van der Waals surface area contributed by atoms with Gasteiger partial charge in [0.25, 0.3) is 0 Å². The Hall–Kier alpha value is -3.67. The van der Waals surface area contributed by atoms with Crippen molar-refractivity contribution in [2.75, 3.05) is 13.7 Å². The second kappa shape index (κ2) is 10.5. The summed E-state index contributed by atoms with van der Waals surface area (Å²) < 4.78 is 25.5. The summed E-state index contributed by atoms with van der Waals surface area (Å²) in [6, 6.07) is 21.7. The Bertz CT molecular complexity index is 1200. The number of likely N-dealkylation sites (N-methyl/N-ethyl adjacent to an activating group) is 1. The maximum absolute atomic E-state index is 14.2. The molecular weight excluding hydrogens is 457 g/mol. The number of hydrogen-bond acceptors (Lipinski definition) is 4. The zero-order valence-corrected chi connectivity index (χ0v) is 21.2. The summed E-state index contributed by atoms with van der Waals surface area (Å²) in [6.07, 6.45) is -0.144. The first-order valence-corrected chi connectivity index (χ1v) is 12.2. The molecule has 0 bridgehead atoms. The van der Waals surface area contributed by atoms with E-state index in [1.165, 1.54) is 18.0 Å². The predicted molar refractivity (Wildman–Crippen MR) is 137 cm³/mol. The van der Waals surface area contributed by atoms with Crippen LogP contribution in [-0.4, -0.2) is 42.3 Å². The molecule has 0 aliphatic heterocycles. The molecule has 36 heavy (non-hydrogen) atoms. The number of ether oxygens (including phenoxy) is 2. The molecular formula is C30H32FNO4. The Morgan fingerprint density at radius 1 is 0.917 bits per heavy atom. The van der Waals surface area contributed by atoms with Crippen LogP contribution in [0, 0.1) is 5.82 Å². The first kappa shape index (κ1) is 25.4. The first-order chi connectivity index (χ1) is 17.2. The van der Waals surface area contributed by atoms with Crippen LogP contribution in [-0.2, 0) is 20.7 Å². The number of carbonyl (C=O) groups is 2. The number of nitrogens with zero attached hydrogens (tertiary/aromatic N) is 1. The molecule has 0 N–H and O–H groups in total. The van der Waals surface area contributed by atoms with E-state index in [9.17, 15) is 14.0 Å². The Balaban J connectivity index is 1.49. The highest BCUT2D eigenvalue weighted by Crippen LogP contribution is 2.44. The Kier molecular flexibility index (Phi) is 7.43. The molecule has 3 aromatic carbocycles. The van der Waals surface area contributed by atoms with E-state index in [2.05, 4.69) is 24.3 Å². The summed E-state index contributed by atoms with van der Waals surface area (Å²) in [7, 11) is 1.52. The number of rotatable bonds is 7. The quantitative estimate of drug-likeness (QED) is 0.363. The molecule has 1 aliphatic carbocycles. The van der Waals surface area contributed by atoms with Crippen LogP contribution in [0.2, 0.25) is 0 Å². The van der Waals surface area contributed by atoms with Crippen molar-refractivity contribution in [3.63, 3.8) is 0 Å². The number of amides is 1. The van der Waals surface area contributed by atoms with Gasteiger partial charge in [0.15, 0.2) is 0 Å². The summed E-state index contributed by atoms with van der Waals surface area (Å²) in [5.41, 5.74) is 4.25. The van der Waals surface area contributed by atoms with Gasteiger partial charge < -0.3 is 9.47 Å². The third-order valence-corrected chi connectivity index (χ3v) is 6.42. The molecule has 1 atom stereocenters. The summed E-state index contributed by atoms with van der Waals surface area (Å²) in [6.45, 7) is 5.45. The number of benzene rings is 3. The zero-order chi connectivity index (χ0) is 25.9. The van der Waals surface area contributed by atoms with Gasteiger partial charge in [-0.15, -0.1) is 0 Å². The molecule has 5 nitrogen and oxygen atoms in total. The van der Waals surface area contributed by atoms with E-state index in [-0.39, 0.29) is 31.2 Å². The van der Waals surface area contributed by atoms with E-state index in [0.717, 1.165) is 22.3 Å². The van der Waals surface area contributed by atoms with E-state index in [0.29, 0.717) is 5.56 Å². The van der Waals surface area contributed by atoms with Crippen molar-refractivity contribution in [1.29, 1.82) is 0 Å². The van der Waals surface area contributed by atoms with Gasteiger partial charge in [0, 0.05) is 13.0 Å². The number of esters is 1. The lowest BCUT2D eigenvalue weighted by Crippen LogP contribution is -2.46. The normalized spacial score (nSPS) is 13.5. The monoisotopic (exact) mass is 489 g/mol. The maximum Gasteiger partial charge on any atom is 0.410 e. The standard InChI is InChI=1S/C30H32FNO4/c1-30(2,3)36-28(33)27(18-17-20-11-5-10-16-26(20)31)32(4)29(34)35-19-25-23-14-8-6-12-21(23)22-13-7-9-15-24(22)25/h5-16,25,27H,17-19H2,1-4H3. The molecule has 1 aliphatic rings. The molecule has 6 heteroatoms. The fourth-order valence-corrected chi connectivity index (χ4v) is 4.66. The zero-order valence-electron chi connectivity index (χ0n) is 21.2. The Morgan fingerprint density at radius 3 is 2.06 bits per heavy atom. The first-order valence-electron chi connectivity index (χ1n) is 12.2. The van der Waals surface area contributed by atoms with Gasteiger partial charge >= 0.3 is 12.1 Å². The van der Waals surface area contributed by atoms with Crippen LogP contribution in [0.15, 0.2) is 72.8 Å². The van der Waals surface area contributed by atoms with Crippen LogP contribution >= 0.6 is 0 Å². The SMILES string of the molecule is CN(C(=O)OCC1c2ccccc2-c2ccccc21)C(CCc1ccccc1F)C(=O)OC(C)(C)C. The molecule has 1 unspecified atom stereocenters. The molecule has 188 valence electrons. The van der Waals surface area contributed by atoms with E-state index < -0.39 is 23.7 Å². The third-order valence-electron chi connectivity index (χ3n) is 6.42. The van der Waals surface area contributed by atoms with Gasteiger partial charge in [0.1, 0.15) is 24.1 Å². The minimum absolute atomic E-state index is 0.0897. The second-order valence-corrected chi connectivity index (χ2v) is 10.1. The number of fused-ring (bicyclic) bond motifs is 3. The van der Waals surface area contributed by atoms with Gasteiger partial charge in [0.05, 0.1) is 0 Å². The molecule has 0 radical (unpaired) electrons. The maximum atomic E-state index is 14.2. The predicted octanol–water partition coefficient (Wildman–Crippen LogP) is 6.35. The highest BCUT2D eigenvalue weighted by atomic mass is 19.1. The van der Waals surface area contributed by atoms with Crippen LogP contribution in [0.3, 0.4) is 0 Å². The lowest BCUT2D eigenvalue weighted by molar-refractivity contribution is -0.160. The topological polar surface area (TPSA) is 55.8 Å². The van der Waals surface area contributed by atoms with Crippen LogP contribution in [0.5, 0.6) is 0 Å². The van der Waals surface area contributed by atoms with Crippen molar-refractivity contribution < 1.29 is 23.5 Å². The number of aryl methyl sites for hydroxylation is 1. The lowest BCUT2D eigenvalue weighted by atomic mass is 9.98. The fraction of sp³-hybridized carbons (Fsp3) is 0.333.